The number of carbonyl (C=O) groups is 1. The number of para-hydroxylation sites is 2. The molecule has 0 amide bonds. The molecule has 112 valence electrons. The molecular formula is C17H12Br2O3. The number of rotatable bonds is 4. The Bertz CT molecular complexity index is 792. The summed E-state index contributed by atoms with van der Waals surface area (Å²) in [5.41, 5.74) is 1.06. The van der Waals surface area contributed by atoms with Crippen LogP contribution in [0.5, 0.6) is 5.75 Å². The van der Waals surface area contributed by atoms with Gasteiger partial charge in [-0.05, 0) is 24.3 Å². The SMILES string of the molecule is O=C(c1ccccc1O)C(Br)C(Br)c1cc2ccccc2o1. The van der Waals surface area contributed by atoms with Crippen LogP contribution >= 0.6 is 31.9 Å². The van der Waals surface area contributed by atoms with Gasteiger partial charge in [0, 0.05) is 5.39 Å². The predicted octanol–water partition coefficient (Wildman–Crippen LogP) is 5.22. The standard InChI is InChI=1S/C17H12Br2O3/c18-15(14-9-10-5-1-4-8-13(10)22-14)16(19)17(21)11-6-2-3-7-12(11)20/h1-9,15-16,20H. The van der Waals surface area contributed by atoms with Crippen LogP contribution in [0, 0.1) is 0 Å². The number of phenolic OH excluding ortho intramolecular Hbond substituents is 1. The van der Waals surface area contributed by atoms with Crippen LogP contribution in [-0.2, 0) is 0 Å². The molecule has 0 bridgehead atoms. The van der Waals surface area contributed by atoms with Gasteiger partial charge in [0.1, 0.15) is 17.1 Å². The van der Waals surface area contributed by atoms with E-state index in [-0.39, 0.29) is 21.9 Å². The van der Waals surface area contributed by atoms with Crippen LogP contribution in [0.2, 0.25) is 0 Å². The Labute approximate surface area is 144 Å². The van der Waals surface area contributed by atoms with E-state index >= 15 is 0 Å². The number of halogens is 2. The van der Waals surface area contributed by atoms with Crippen LogP contribution in [0.3, 0.4) is 0 Å². The van der Waals surface area contributed by atoms with Crippen molar-refractivity contribution in [1.82, 2.24) is 0 Å². The summed E-state index contributed by atoms with van der Waals surface area (Å²) in [7, 11) is 0. The van der Waals surface area contributed by atoms with E-state index in [4.69, 9.17) is 4.42 Å². The Hall–Kier alpha value is -1.59. The molecule has 2 unspecified atom stereocenters. The molecule has 0 aliphatic carbocycles. The third kappa shape index (κ3) is 2.83. The smallest absolute Gasteiger partial charge is 0.181 e. The third-order valence-corrected chi connectivity index (χ3v) is 6.03. The quantitative estimate of drug-likeness (QED) is 0.462. The zero-order chi connectivity index (χ0) is 15.7. The second-order valence-corrected chi connectivity index (χ2v) is 6.84. The fraction of sp³-hybridized carbons (Fsp3) is 0.118. The van der Waals surface area contributed by atoms with Gasteiger partial charge in [-0.2, -0.15) is 0 Å². The van der Waals surface area contributed by atoms with Gasteiger partial charge in [-0.25, -0.2) is 0 Å². The summed E-state index contributed by atoms with van der Waals surface area (Å²) in [6.45, 7) is 0. The second kappa shape index (κ2) is 6.26. The Balaban J connectivity index is 1.89. The molecule has 1 aromatic heterocycles. The maximum Gasteiger partial charge on any atom is 0.181 e. The Morgan fingerprint density at radius 1 is 1.05 bits per heavy atom. The van der Waals surface area contributed by atoms with Crippen molar-refractivity contribution in [1.29, 1.82) is 0 Å². The molecule has 2 aromatic carbocycles. The molecule has 22 heavy (non-hydrogen) atoms. The van der Waals surface area contributed by atoms with E-state index in [1.807, 2.05) is 30.3 Å². The zero-order valence-corrected chi connectivity index (χ0v) is 14.5. The van der Waals surface area contributed by atoms with Crippen molar-refractivity contribution in [2.75, 3.05) is 0 Å². The first-order valence-electron chi connectivity index (χ1n) is 6.67. The van der Waals surface area contributed by atoms with Gasteiger partial charge in [0.25, 0.3) is 0 Å². The van der Waals surface area contributed by atoms with Gasteiger partial charge in [0.05, 0.1) is 15.2 Å². The summed E-state index contributed by atoms with van der Waals surface area (Å²) in [6, 6.07) is 16.1. The van der Waals surface area contributed by atoms with Crippen molar-refractivity contribution in [3.63, 3.8) is 0 Å². The highest BCUT2D eigenvalue weighted by atomic mass is 79.9. The number of alkyl halides is 2. The van der Waals surface area contributed by atoms with Crippen molar-refractivity contribution in [2.24, 2.45) is 0 Å². The lowest BCUT2D eigenvalue weighted by Crippen LogP contribution is -2.19. The number of Topliss-reactive ketones (excluding diaryl/α,β-unsaturated/α-hetero) is 1. The largest absolute Gasteiger partial charge is 0.507 e. The number of hydrogen-bond donors (Lipinski definition) is 1. The van der Waals surface area contributed by atoms with Gasteiger partial charge in [-0.15, -0.1) is 0 Å². The number of carbonyl (C=O) groups excluding carboxylic acids is 1. The van der Waals surface area contributed by atoms with Gasteiger partial charge >= 0.3 is 0 Å². The van der Waals surface area contributed by atoms with Gasteiger partial charge in [-0.1, -0.05) is 62.2 Å². The first-order valence-corrected chi connectivity index (χ1v) is 8.50. The maximum absolute atomic E-state index is 12.5. The first kappa shape index (κ1) is 15.3. The van der Waals surface area contributed by atoms with Crippen molar-refractivity contribution in [3.05, 3.63) is 65.9 Å². The minimum atomic E-state index is -0.554. The molecule has 1 N–H and O–H groups in total. The number of fused-ring (bicyclic) bond motifs is 1. The average Bonchev–Trinajstić information content (AvgIpc) is 2.97. The van der Waals surface area contributed by atoms with Crippen LogP contribution in [0.4, 0.5) is 0 Å². The van der Waals surface area contributed by atoms with Crippen molar-refractivity contribution in [3.8, 4) is 5.75 Å². The van der Waals surface area contributed by atoms with E-state index in [0.717, 1.165) is 11.0 Å². The first-order chi connectivity index (χ1) is 10.6. The van der Waals surface area contributed by atoms with Crippen molar-refractivity contribution in [2.45, 2.75) is 9.65 Å². The highest BCUT2D eigenvalue weighted by molar-refractivity contribution is 9.12. The minimum Gasteiger partial charge on any atom is -0.507 e. The number of benzene rings is 2. The van der Waals surface area contributed by atoms with E-state index in [1.165, 1.54) is 6.07 Å². The highest BCUT2D eigenvalue weighted by Gasteiger charge is 2.29. The van der Waals surface area contributed by atoms with Crippen molar-refractivity contribution >= 4 is 48.6 Å². The summed E-state index contributed by atoms with van der Waals surface area (Å²) >= 11 is 6.91. The summed E-state index contributed by atoms with van der Waals surface area (Å²) in [6.07, 6.45) is 0. The monoisotopic (exact) mass is 422 g/mol. The lowest BCUT2D eigenvalue weighted by molar-refractivity contribution is 0.0986. The molecule has 0 aliphatic rings. The summed E-state index contributed by atoms with van der Waals surface area (Å²) < 4.78 is 5.78. The van der Waals surface area contributed by atoms with Crippen LogP contribution in [0.1, 0.15) is 20.9 Å². The van der Waals surface area contributed by atoms with E-state index in [2.05, 4.69) is 31.9 Å². The summed E-state index contributed by atoms with van der Waals surface area (Å²) in [5, 5.41) is 10.8. The molecule has 3 rings (SSSR count). The molecule has 0 aliphatic heterocycles. The molecule has 1 heterocycles. The van der Waals surface area contributed by atoms with E-state index in [9.17, 15) is 9.90 Å². The summed E-state index contributed by atoms with van der Waals surface area (Å²) in [5.74, 6) is 0.425. The fourth-order valence-corrected chi connectivity index (χ4v) is 3.22. The van der Waals surface area contributed by atoms with Crippen molar-refractivity contribution < 1.29 is 14.3 Å². The van der Waals surface area contributed by atoms with Gasteiger partial charge in [0.15, 0.2) is 5.78 Å². The third-order valence-electron chi connectivity index (χ3n) is 3.39. The van der Waals surface area contributed by atoms with Crippen LogP contribution < -0.4 is 0 Å². The zero-order valence-electron chi connectivity index (χ0n) is 11.4. The number of aromatic hydroxyl groups is 1. The topological polar surface area (TPSA) is 50.4 Å². The van der Waals surface area contributed by atoms with Gasteiger partial charge in [0.2, 0.25) is 0 Å². The Kier molecular flexibility index (Phi) is 4.36. The second-order valence-electron chi connectivity index (χ2n) is 4.87. The Morgan fingerprint density at radius 2 is 1.73 bits per heavy atom. The van der Waals surface area contributed by atoms with Gasteiger partial charge in [-0.3, -0.25) is 4.79 Å². The highest BCUT2D eigenvalue weighted by Crippen LogP contribution is 2.37. The molecule has 0 fully saturated rings. The van der Waals surface area contributed by atoms with Crippen LogP contribution in [0.25, 0.3) is 11.0 Å². The molecule has 3 aromatic rings. The summed E-state index contributed by atoms with van der Waals surface area (Å²) in [4.78, 5) is 11.6. The van der Waals surface area contributed by atoms with Crippen LogP contribution in [-0.4, -0.2) is 15.7 Å². The average molecular weight is 424 g/mol. The van der Waals surface area contributed by atoms with E-state index in [0.29, 0.717) is 5.76 Å². The normalized spacial score (nSPS) is 13.9. The number of furan rings is 1. The Morgan fingerprint density at radius 3 is 2.45 bits per heavy atom. The molecule has 0 saturated carbocycles. The molecule has 0 radical (unpaired) electrons. The lowest BCUT2D eigenvalue weighted by Gasteiger charge is -2.14. The molecule has 5 heteroatoms. The number of phenols is 1. The minimum absolute atomic E-state index is 0.0266. The molecule has 0 saturated heterocycles. The van der Waals surface area contributed by atoms with E-state index in [1.54, 1.807) is 18.2 Å². The fourth-order valence-electron chi connectivity index (χ4n) is 2.25. The van der Waals surface area contributed by atoms with E-state index < -0.39 is 4.83 Å². The van der Waals surface area contributed by atoms with Gasteiger partial charge < -0.3 is 9.52 Å². The lowest BCUT2D eigenvalue weighted by atomic mass is 10.0. The number of ketones is 1. The molecular weight excluding hydrogens is 412 g/mol. The predicted molar refractivity (Wildman–Crippen MR) is 93.0 cm³/mol. The number of hydrogen-bond acceptors (Lipinski definition) is 3. The molecule has 0 spiro atoms. The van der Waals surface area contributed by atoms with Crippen LogP contribution in [0.15, 0.2) is 59.0 Å². The molecule has 2 atom stereocenters. The maximum atomic E-state index is 12.5. The molecule has 3 nitrogen and oxygen atoms in total.